The van der Waals surface area contributed by atoms with Crippen molar-refractivity contribution in [1.82, 2.24) is 10.2 Å². The number of nitrogens with one attached hydrogen (secondary N) is 2. The number of carbonyl (C=O) groups is 1. The van der Waals surface area contributed by atoms with Crippen molar-refractivity contribution in [3.05, 3.63) is 57.5 Å². The zero-order chi connectivity index (χ0) is 21.6. The lowest BCUT2D eigenvalue weighted by atomic mass is 10.1. The van der Waals surface area contributed by atoms with E-state index in [-0.39, 0.29) is 31.2 Å². The molecule has 2 N–H and O–H groups in total. The molecule has 0 aliphatic heterocycles. The van der Waals surface area contributed by atoms with Gasteiger partial charge in [-0.25, -0.2) is 0 Å². The van der Waals surface area contributed by atoms with Crippen molar-refractivity contribution >= 4 is 17.3 Å². The normalized spacial score (nSPS) is 11.5. The minimum atomic E-state index is -4.67. The van der Waals surface area contributed by atoms with Crippen LogP contribution in [0.3, 0.4) is 0 Å². The molecule has 0 unspecified atom stereocenters. The molecule has 0 fully saturated rings. The molecule has 158 valence electrons. The number of nitrogens with zero attached hydrogens (tertiary/aromatic N) is 2. The maximum Gasteiger partial charge on any atom is 0.416 e. The van der Waals surface area contributed by atoms with Crippen LogP contribution in [0.2, 0.25) is 0 Å². The van der Waals surface area contributed by atoms with Crippen molar-refractivity contribution in [2.24, 2.45) is 0 Å². The second kappa shape index (κ2) is 9.41. The molecule has 2 aromatic rings. The maximum absolute atomic E-state index is 12.7. The van der Waals surface area contributed by atoms with Crippen LogP contribution in [-0.2, 0) is 17.5 Å². The van der Waals surface area contributed by atoms with Gasteiger partial charge < -0.3 is 15.1 Å². The number of alkyl halides is 3. The molecule has 0 saturated carbocycles. The average molecular weight is 414 g/mol. The van der Waals surface area contributed by atoms with Gasteiger partial charge in [0.25, 0.3) is 5.69 Å². The summed E-state index contributed by atoms with van der Waals surface area (Å²) < 4.78 is 43.5. The SMILES string of the molecule is Cc1ccc(CN(C)CC(=O)NCCNc2ccc(C(F)(F)F)cc2[N+](=O)[O-])o1. The van der Waals surface area contributed by atoms with Gasteiger partial charge in [0.1, 0.15) is 17.2 Å². The third kappa shape index (κ3) is 6.79. The summed E-state index contributed by atoms with van der Waals surface area (Å²) in [5, 5.41) is 16.3. The molecular formula is C18H21F3N4O4. The maximum atomic E-state index is 12.7. The van der Waals surface area contributed by atoms with Crippen LogP contribution in [-0.4, -0.2) is 42.4 Å². The number of hydrogen-bond donors (Lipinski definition) is 2. The van der Waals surface area contributed by atoms with Crippen LogP contribution in [0.4, 0.5) is 24.5 Å². The fourth-order valence-electron chi connectivity index (χ4n) is 2.60. The number of halogens is 3. The summed E-state index contributed by atoms with van der Waals surface area (Å²) in [4.78, 5) is 23.8. The van der Waals surface area contributed by atoms with Gasteiger partial charge in [-0.1, -0.05) is 0 Å². The molecule has 1 aromatic heterocycles. The number of furan rings is 1. The summed E-state index contributed by atoms with van der Waals surface area (Å²) in [6, 6.07) is 5.90. The Labute approximate surface area is 164 Å². The molecule has 0 aliphatic rings. The first kappa shape index (κ1) is 22.2. The lowest BCUT2D eigenvalue weighted by Gasteiger charge is -2.15. The van der Waals surface area contributed by atoms with E-state index in [4.69, 9.17) is 4.42 Å². The van der Waals surface area contributed by atoms with E-state index >= 15 is 0 Å². The summed E-state index contributed by atoms with van der Waals surface area (Å²) in [5.74, 6) is 1.25. The monoisotopic (exact) mass is 414 g/mol. The topological polar surface area (TPSA) is 101 Å². The smallest absolute Gasteiger partial charge is 0.416 e. The molecule has 1 aromatic carbocycles. The molecule has 0 bridgehead atoms. The van der Waals surface area contributed by atoms with E-state index in [1.807, 2.05) is 19.1 Å². The molecule has 0 atom stereocenters. The quantitative estimate of drug-likeness (QED) is 0.371. The summed E-state index contributed by atoms with van der Waals surface area (Å²) in [6.45, 7) is 2.64. The second-order valence-corrected chi connectivity index (χ2v) is 6.45. The van der Waals surface area contributed by atoms with Gasteiger partial charge in [-0.15, -0.1) is 0 Å². The first-order valence-corrected chi connectivity index (χ1v) is 8.66. The van der Waals surface area contributed by atoms with E-state index < -0.39 is 22.4 Å². The van der Waals surface area contributed by atoms with E-state index in [2.05, 4.69) is 10.6 Å². The Morgan fingerprint density at radius 2 is 1.97 bits per heavy atom. The fourth-order valence-corrected chi connectivity index (χ4v) is 2.60. The largest absolute Gasteiger partial charge is 0.465 e. The van der Waals surface area contributed by atoms with Gasteiger partial charge >= 0.3 is 6.18 Å². The number of likely N-dealkylation sites (N-methyl/N-ethyl adjacent to an activating group) is 1. The van der Waals surface area contributed by atoms with E-state index in [0.717, 1.165) is 23.7 Å². The highest BCUT2D eigenvalue weighted by Gasteiger charge is 2.33. The molecule has 0 aliphatic carbocycles. The Morgan fingerprint density at radius 1 is 1.24 bits per heavy atom. The van der Waals surface area contributed by atoms with Crippen LogP contribution in [0.5, 0.6) is 0 Å². The lowest BCUT2D eigenvalue weighted by molar-refractivity contribution is -0.384. The zero-order valence-electron chi connectivity index (χ0n) is 15.9. The van der Waals surface area contributed by atoms with E-state index in [9.17, 15) is 28.1 Å². The second-order valence-electron chi connectivity index (χ2n) is 6.45. The Hall–Kier alpha value is -3.08. The third-order valence-electron chi connectivity index (χ3n) is 3.92. The third-order valence-corrected chi connectivity index (χ3v) is 3.92. The zero-order valence-corrected chi connectivity index (χ0v) is 15.9. The van der Waals surface area contributed by atoms with Crippen molar-refractivity contribution < 1.29 is 27.3 Å². The predicted molar refractivity (Wildman–Crippen MR) is 99.4 cm³/mol. The molecule has 0 spiro atoms. The Bertz CT molecular complexity index is 867. The van der Waals surface area contributed by atoms with Crippen LogP contribution >= 0.6 is 0 Å². The molecule has 11 heteroatoms. The summed E-state index contributed by atoms with van der Waals surface area (Å²) in [5.41, 5.74) is -1.83. The minimum absolute atomic E-state index is 0.0532. The molecule has 8 nitrogen and oxygen atoms in total. The van der Waals surface area contributed by atoms with Crippen molar-refractivity contribution in [3.63, 3.8) is 0 Å². The minimum Gasteiger partial charge on any atom is -0.465 e. The first-order valence-electron chi connectivity index (χ1n) is 8.66. The van der Waals surface area contributed by atoms with Crippen LogP contribution in [0.1, 0.15) is 17.1 Å². The molecule has 1 heterocycles. The highest BCUT2D eigenvalue weighted by Crippen LogP contribution is 2.34. The van der Waals surface area contributed by atoms with Gasteiger partial charge in [-0.3, -0.25) is 19.8 Å². The molecular weight excluding hydrogens is 393 g/mol. The number of carbonyl (C=O) groups excluding carboxylic acids is 1. The molecule has 29 heavy (non-hydrogen) atoms. The van der Waals surface area contributed by atoms with Crippen molar-refractivity contribution in [2.45, 2.75) is 19.6 Å². The van der Waals surface area contributed by atoms with E-state index in [1.165, 1.54) is 0 Å². The Balaban J connectivity index is 1.80. The van der Waals surface area contributed by atoms with Crippen LogP contribution in [0, 0.1) is 17.0 Å². The summed E-state index contributed by atoms with van der Waals surface area (Å²) in [6.07, 6.45) is -4.67. The number of benzene rings is 1. The van der Waals surface area contributed by atoms with Crippen LogP contribution in [0.25, 0.3) is 0 Å². The fraction of sp³-hybridized carbons (Fsp3) is 0.389. The number of nitro groups is 1. The Morgan fingerprint density at radius 3 is 2.55 bits per heavy atom. The van der Waals surface area contributed by atoms with Crippen molar-refractivity contribution in [3.8, 4) is 0 Å². The molecule has 1 amide bonds. The summed E-state index contributed by atoms with van der Waals surface area (Å²) in [7, 11) is 1.75. The molecule has 2 rings (SSSR count). The predicted octanol–water partition coefficient (Wildman–Crippen LogP) is 3.18. The Kier molecular flexibility index (Phi) is 7.21. The van der Waals surface area contributed by atoms with Crippen molar-refractivity contribution in [1.29, 1.82) is 0 Å². The van der Waals surface area contributed by atoms with Gasteiger partial charge in [0.05, 0.1) is 23.6 Å². The van der Waals surface area contributed by atoms with E-state index in [0.29, 0.717) is 12.6 Å². The van der Waals surface area contributed by atoms with Gasteiger partial charge in [0, 0.05) is 19.2 Å². The number of hydrogen-bond acceptors (Lipinski definition) is 6. The average Bonchev–Trinajstić information content (AvgIpc) is 3.02. The molecule has 0 radical (unpaired) electrons. The highest BCUT2D eigenvalue weighted by molar-refractivity contribution is 5.78. The summed E-state index contributed by atoms with van der Waals surface area (Å²) >= 11 is 0. The lowest BCUT2D eigenvalue weighted by Crippen LogP contribution is -2.37. The highest BCUT2D eigenvalue weighted by atomic mass is 19.4. The van der Waals surface area contributed by atoms with Crippen LogP contribution in [0.15, 0.2) is 34.7 Å². The van der Waals surface area contributed by atoms with Gasteiger partial charge in [-0.05, 0) is 38.2 Å². The van der Waals surface area contributed by atoms with Gasteiger partial charge in [0.15, 0.2) is 0 Å². The number of nitro benzene ring substituents is 1. The number of aryl methyl sites for hydroxylation is 1. The first-order chi connectivity index (χ1) is 13.6. The van der Waals surface area contributed by atoms with Crippen molar-refractivity contribution in [2.75, 3.05) is 32.0 Å². The van der Waals surface area contributed by atoms with Gasteiger partial charge in [0.2, 0.25) is 5.91 Å². The number of rotatable bonds is 9. The van der Waals surface area contributed by atoms with Crippen LogP contribution < -0.4 is 10.6 Å². The number of anilines is 1. The molecule has 0 saturated heterocycles. The van der Waals surface area contributed by atoms with E-state index in [1.54, 1.807) is 11.9 Å². The standard InChI is InChI=1S/C18H21F3N4O4/c1-12-3-5-14(29-12)10-24(2)11-17(26)23-8-7-22-15-6-4-13(18(19,20)21)9-16(15)25(27)28/h3-6,9,22H,7-8,10-11H2,1-2H3,(H,23,26). The number of amides is 1. The van der Waals surface area contributed by atoms with Gasteiger partial charge in [-0.2, -0.15) is 13.2 Å².